The highest BCUT2D eigenvalue weighted by Gasteiger charge is 2.25. The van der Waals surface area contributed by atoms with Crippen molar-refractivity contribution in [2.45, 2.75) is 72.3 Å². The Morgan fingerprint density at radius 3 is 2.23 bits per heavy atom. The molecule has 0 radical (unpaired) electrons. The van der Waals surface area contributed by atoms with Crippen LogP contribution in [0.1, 0.15) is 66.2 Å². The molecule has 22 heavy (non-hydrogen) atoms. The number of hydrogen-bond acceptors (Lipinski definition) is 3. The SMILES string of the molecule is CC(C)C(=O)CCCCCNC(=O)C1CCN(C(C)C)CC1. The molecular weight excluding hydrogens is 276 g/mol. The fraction of sp³-hybridized carbons (Fsp3) is 0.889. The lowest BCUT2D eigenvalue weighted by atomic mass is 9.95. The number of likely N-dealkylation sites (tertiary alicyclic amines) is 1. The topological polar surface area (TPSA) is 49.4 Å². The number of nitrogens with one attached hydrogen (secondary N) is 1. The Kier molecular flexibility index (Phi) is 8.69. The van der Waals surface area contributed by atoms with Crippen molar-refractivity contribution in [3.63, 3.8) is 0 Å². The Morgan fingerprint density at radius 2 is 1.68 bits per heavy atom. The fourth-order valence-corrected chi connectivity index (χ4v) is 2.92. The number of rotatable bonds is 9. The summed E-state index contributed by atoms with van der Waals surface area (Å²) in [6.45, 7) is 11.1. The minimum Gasteiger partial charge on any atom is -0.356 e. The second kappa shape index (κ2) is 9.98. The zero-order valence-electron chi connectivity index (χ0n) is 14.9. The summed E-state index contributed by atoms with van der Waals surface area (Å²) in [5.74, 6) is 0.913. The van der Waals surface area contributed by atoms with E-state index in [9.17, 15) is 9.59 Å². The Balaban J connectivity index is 2.06. The largest absolute Gasteiger partial charge is 0.356 e. The Labute approximate surface area is 136 Å². The van der Waals surface area contributed by atoms with Crippen LogP contribution in [-0.4, -0.2) is 42.3 Å². The maximum absolute atomic E-state index is 12.1. The van der Waals surface area contributed by atoms with Crippen LogP contribution in [0.25, 0.3) is 0 Å². The molecule has 1 aliphatic heterocycles. The summed E-state index contributed by atoms with van der Waals surface area (Å²) in [5.41, 5.74) is 0. The van der Waals surface area contributed by atoms with Gasteiger partial charge < -0.3 is 10.2 Å². The lowest BCUT2D eigenvalue weighted by molar-refractivity contribution is -0.126. The average Bonchev–Trinajstić information content (AvgIpc) is 2.50. The fourth-order valence-electron chi connectivity index (χ4n) is 2.92. The van der Waals surface area contributed by atoms with Crippen molar-refractivity contribution in [3.05, 3.63) is 0 Å². The molecule has 1 aliphatic rings. The van der Waals surface area contributed by atoms with Crippen LogP contribution in [-0.2, 0) is 9.59 Å². The molecule has 1 amide bonds. The van der Waals surface area contributed by atoms with Gasteiger partial charge in [0.2, 0.25) is 5.91 Å². The standard InChI is InChI=1S/C18H34N2O2/c1-14(2)17(21)8-6-5-7-11-19-18(22)16-9-12-20(13-10-16)15(3)4/h14-16H,5-13H2,1-4H3,(H,19,22). The van der Waals surface area contributed by atoms with Crippen LogP contribution in [0.4, 0.5) is 0 Å². The monoisotopic (exact) mass is 310 g/mol. The van der Waals surface area contributed by atoms with Gasteiger partial charge in [0.1, 0.15) is 5.78 Å². The molecule has 1 saturated heterocycles. The third kappa shape index (κ3) is 6.91. The maximum Gasteiger partial charge on any atom is 0.223 e. The number of amides is 1. The van der Waals surface area contributed by atoms with E-state index in [1.807, 2.05) is 13.8 Å². The first-order valence-electron chi connectivity index (χ1n) is 8.96. The lowest BCUT2D eigenvalue weighted by Gasteiger charge is -2.33. The van der Waals surface area contributed by atoms with Gasteiger partial charge in [-0.15, -0.1) is 0 Å². The third-order valence-corrected chi connectivity index (χ3v) is 4.67. The minimum absolute atomic E-state index is 0.149. The first-order valence-corrected chi connectivity index (χ1v) is 8.96. The average molecular weight is 310 g/mol. The molecule has 0 unspecified atom stereocenters. The van der Waals surface area contributed by atoms with E-state index >= 15 is 0 Å². The lowest BCUT2D eigenvalue weighted by Crippen LogP contribution is -2.43. The summed E-state index contributed by atoms with van der Waals surface area (Å²) < 4.78 is 0. The molecule has 0 atom stereocenters. The molecule has 1 heterocycles. The number of ketones is 1. The van der Waals surface area contributed by atoms with Crippen LogP contribution < -0.4 is 5.32 Å². The van der Waals surface area contributed by atoms with Crippen molar-refractivity contribution >= 4 is 11.7 Å². The number of nitrogens with zero attached hydrogens (tertiary/aromatic N) is 1. The molecule has 1 N–H and O–H groups in total. The zero-order chi connectivity index (χ0) is 16.5. The van der Waals surface area contributed by atoms with Gasteiger partial charge in [0, 0.05) is 30.8 Å². The number of piperidine rings is 1. The minimum atomic E-state index is 0.149. The molecule has 0 aliphatic carbocycles. The van der Waals surface area contributed by atoms with Crippen LogP contribution in [0, 0.1) is 11.8 Å². The van der Waals surface area contributed by atoms with Crippen molar-refractivity contribution in [1.82, 2.24) is 10.2 Å². The summed E-state index contributed by atoms with van der Waals surface area (Å²) in [4.78, 5) is 26.1. The summed E-state index contributed by atoms with van der Waals surface area (Å²) in [6, 6.07) is 0.581. The Bertz CT molecular complexity index is 345. The number of unbranched alkanes of at least 4 members (excludes halogenated alkanes) is 2. The number of Topliss-reactive ketones (excluding diaryl/α,β-unsaturated/α-hetero) is 1. The van der Waals surface area contributed by atoms with Crippen molar-refractivity contribution in [1.29, 1.82) is 0 Å². The molecule has 1 rings (SSSR count). The first kappa shape index (κ1) is 19.1. The molecule has 128 valence electrons. The van der Waals surface area contributed by atoms with Gasteiger partial charge in [-0.25, -0.2) is 0 Å². The highest BCUT2D eigenvalue weighted by atomic mass is 16.2. The number of carbonyl (C=O) groups excluding carboxylic acids is 2. The summed E-state index contributed by atoms with van der Waals surface area (Å²) in [6.07, 6.45) is 5.57. The van der Waals surface area contributed by atoms with Gasteiger partial charge in [-0.3, -0.25) is 9.59 Å². The van der Waals surface area contributed by atoms with Crippen molar-refractivity contribution in [2.24, 2.45) is 11.8 Å². The van der Waals surface area contributed by atoms with E-state index in [4.69, 9.17) is 0 Å². The van der Waals surface area contributed by atoms with Crippen LogP contribution >= 0.6 is 0 Å². The van der Waals surface area contributed by atoms with Crippen LogP contribution in [0.2, 0.25) is 0 Å². The van der Waals surface area contributed by atoms with Crippen LogP contribution in [0.15, 0.2) is 0 Å². The Morgan fingerprint density at radius 1 is 1.05 bits per heavy atom. The van der Waals surface area contributed by atoms with E-state index in [1.54, 1.807) is 0 Å². The number of hydrogen-bond donors (Lipinski definition) is 1. The van der Waals surface area contributed by atoms with Crippen molar-refractivity contribution < 1.29 is 9.59 Å². The summed E-state index contributed by atoms with van der Waals surface area (Å²) >= 11 is 0. The van der Waals surface area contributed by atoms with E-state index in [0.717, 1.165) is 51.7 Å². The van der Waals surface area contributed by atoms with E-state index in [0.29, 0.717) is 18.2 Å². The van der Waals surface area contributed by atoms with E-state index in [2.05, 4.69) is 24.1 Å². The highest BCUT2D eigenvalue weighted by molar-refractivity contribution is 5.80. The van der Waals surface area contributed by atoms with Crippen molar-refractivity contribution in [2.75, 3.05) is 19.6 Å². The second-order valence-corrected chi connectivity index (χ2v) is 7.13. The molecule has 4 nitrogen and oxygen atoms in total. The normalized spacial score (nSPS) is 17.2. The molecular formula is C18H34N2O2. The van der Waals surface area contributed by atoms with Gasteiger partial charge >= 0.3 is 0 Å². The molecule has 0 aromatic rings. The Hall–Kier alpha value is -0.900. The molecule has 0 bridgehead atoms. The zero-order valence-corrected chi connectivity index (χ0v) is 14.9. The molecule has 0 aromatic carbocycles. The van der Waals surface area contributed by atoms with Crippen molar-refractivity contribution in [3.8, 4) is 0 Å². The predicted molar refractivity (Wildman–Crippen MR) is 90.8 cm³/mol. The van der Waals surface area contributed by atoms with Gasteiger partial charge in [0.25, 0.3) is 0 Å². The molecule has 1 fully saturated rings. The van der Waals surface area contributed by atoms with Gasteiger partial charge in [0.15, 0.2) is 0 Å². The van der Waals surface area contributed by atoms with Gasteiger partial charge in [0.05, 0.1) is 0 Å². The second-order valence-electron chi connectivity index (χ2n) is 7.13. The van der Waals surface area contributed by atoms with Crippen LogP contribution in [0.3, 0.4) is 0 Å². The van der Waals surface area contributed by atoms with E-state index < -0.39 is 0 Å². The highest BCUT2D eigenvalue weighted by Crippen LogP contribution is 2.19. The van der Waals surface area contributed by atoms with E-state index in [-0.39, 0.29) is 17.7 Å². The quantitative estimate of drug-likeness (QED) is 0.666. The molecule has 4 heteroatoms. The summed E-state index contributed by atoms with van der Waals surface area (Å²) in [5, 5.41) is 3.06. The first-order chi connectivity index (χ1) is 10.4. The van der Waals surface area contributed by atoms with Gasteiger partial charge in [-0.1, -0.05) is 20.3 Å². The van der Waals surface area contributed by atoms with Gasteiger partial charge in [-0.05, 0) is 52.6 Å². The third-order valence-electron chi connectivity index (χ3n) is 4.67. The maximum atomic E-state index is 12.1. The molecule has 0 aromatic heterocycles. The summed E-state index contributed by atoms with van der Waals surface area (Å²) in [7, 11) is 0. The predicted octanol–water partition coefficient (Wildman–Crippen LogP) is 3.01. The smallest absolute Gasteiger partial charge is 0.223 e. The van der Waals surface area contributed by atoms with Crippen LogP contribution in [0.5, 0.6) is 0 Å². The number of carbonyl (C=O) groups is 2. The molecule has 0 saturated carbocycles. The van der Waals surface area contributed by atoms with E-state index in [1.165, 1.54) is 0 Å². The molecule has 0 spiro atoms. The van der Waals surface area contributed by atoms with Gasteiger partial charge in [-0.2, -0.15) is 0 Å².